The summed E-state index contributed by atoms with van der Waals surface area (Å²) >= 11 is 2.55. The van der Waals surface area contributed by atoms with Crippen LogP contribution >= 0.6 is 22.6 Å². The van der Waals surface area contributed by atoms with E-state index in [0.29, 0.717) is 11.3 Å². The molecule has 3 aliphatic carbocycles. The summed E-state index contributed by atoms with van der Waals surface area (Å²) in [7, 11) is -5.02. The molecule has 1 aliphatic heterocycles. The minimum absolute atomic E-state index is 0.172. The number of fused-ring (bicyclic) bond motifs is 1. The van der Waals surface area contributed by atoms with Crippen LogP contribution in [0.5, 0.6) is 0 Å². The maximum atomic E-state index is 13.4. The van der Waals surface area contributed by atoms with Crippen molar-refractivity contribution in [3.05, 3.63) is 22.8 Å². The van der Waals surface area contributed by atoms with Gasteiger partial charge in [-0.25, -0.2) is 8.42 Å². The van der Waals surface area contributed by atoms with Gasteiger partial charge >= 0.3 is 0 Å². The lowest BCUT2D eigenvalue weighted by atomic mass is 9.61. The summed E-state index contributed by atoms with van der Waals surface area (Å²) in [5, 5.41) is -0.224. The number of halogens is 1. The van der Waals surface area contributed by atoms with E-state index in [1.54, 1.807) is 0 Å². The summed E-state index contributed by atoms with van der Waals surface area (Å²) in [5.41, 5.74) is 4.21. The zero-order chi connectivity index (χ0) is 25.1. The standard InChI is InChI=1S/C28H47IO3SSi/c1-19(17-29)24-12-13-25-20(9-8-14-28(24,25)5)15-26-23-16-22(32-34(6,7)27(2,3)4)11-10-21(23)18-33(26,30)31/h15,19,22,24-26H,8-14,16-18H2,1-7H3/b20-15+/t19-,22+,24?,25?,26?,28-/m1/s1. The van der Waals surface area contributed by atoms with Crippen molar-refractivity contribution in [2.45, 2.75) is 115 Å². The summed E-state index contributed by atoms with van der Waals surface area (Å²) in [6, 6.07) is 0. The number of hydrogen-bond donors (Lipinski definition) is 0. The Kier molecular flexibility index (Phi) is 7.71. The molecule has 4 rings (SSSR count). The highest BCUT2D eigenvalue weighted by Gasteiger charge is 2.51. The summed E-state index contributed by atoms with van der Waals surface area (Å²) in [6.07, 6.45) is 11.2. The van der Waals surface area contributed by atoms with Crippen LogP contribution in [0.1, 0.15) is 86.0 Å². The van der Waals surface area contributed by atoms with Crippen molar-refractivity contribution in [2.24, 2.45) is 23.2 Å². The third-order valence-corrected chi connectivity index (χ3v) is 18.2. The van der Waals surface area contributed by atoms with Crippen molar-refractivity contribution in [3.63, 3.8) is 0 Å². The summed E-state index contributed by atoms with van der Waals surface area (Å²) in [6.45, 7) is 16.4. The molecule has 6 atom stereocenters. The molecule has 0 N–H and O–H groups in total. The average Bonchev–Trinajstić information content (AvgIpc) is 3.20. The van der Waals surface area contributed by atoms with E-state index >= 15 is 0 Å². The minimum Gasteiger partial charge on any atom is -0.414 e. The number of rotatable bonds is 5. The summed E-state index contributed by atoms with van der Waals surface area (Å²) in [4.78, 5) is 0. The van der Waals surface area contributed by atoms with E-state index in [-0.39, 0.29) is 16.9 Å². The first-order chi connectivity index (χ1) is 15.7. The van der Waals surface area contributed by atoms with E-state index in [2.05, 4.69) is 76.4 Å². The van der Waals surface area contributed by atoms with Crippen molar-refractivity contribution in [1.29, 1.82) is 0 Å². The molecule has 0 spiro atoms. The Hall–Kier alpha value is 0.337. The number of sulfone groups is 1. The quantitative estimate of drug-likeness (QED) is 0.136. The lowest BCUT2D eigenvalue weighted by molar-refractivity contribution is 0.106. The van der Waals surface area contributed by atoms with E-state index < -0.39 is 23.4 Å². The summed E-state index contributed by atoms with van der Waals surface area (Å²) < 4.78 is 34.8. The third-order valence-electron chi connectivity index (χ3n) is 10.4. The van der Waals surface area contributed by atoms with Crippen LogP contribution in [0.25, 0.3) is 0 Å². The first-order valence-electron chi connectivity index (χ1n) is 13.6. The van der Waals surface area contributed by atoms with E-state index in [4.69, 9.17) is 4.43 Å². The predicted octanol–water partition coefficient (Wildman–Crippen LogP) is 7.87. The molecule has 0 aromatic rings. The maximum Gasteiger partial charge on any atom is 0.192 e. The average molecular weight is 619 g/mol. The monoisotopic (exact) mass is 618 g/mol. The molecule has 0 bridgehead atoms. The van der Waals surface area contributed by atoms with Crippen LogP contribution in [0.4, 0.5) is 0 Å². The van der Waals surface area contributed by atoms with Gasteiger partial charge < -0.3 is 4.43 Å². The maximum absolute atomic E-state index is 13.4. The van der Waals surface area contributed by atoms with E-state index in [9.17, 15) is 8.42 Å². The van der Waals surface area contributed by atoms with Crippen molar-refractivity contribution < 1.29 is 12.8 Å². The third kappa shape index (κ3) is 4.92. The highest BCUT2D eigenvalue weighted by atomic mass is 127. The number of allylic oxidation sites excluding steroid dienone is 1. The van der Waals surface area contributed by atoms with Crippen molar-refractivity contribution in [3.8, 4) is 0 Å². The molecule has 6 heteroatoms. The molecular weight excluding hydrogens is 571 g/mol. The smallest absolute Gasteiger partial charge is 0.192 e. The zero-order valence-corrected chi connectivity index (χ0v) is 26.5. The molecule has 3 unspecified atom stereocenters. The van der Waals surface area contributed by atoms with E-state index in [1.807, 2.05) is 0 Å². The topological polar surface area (TPSA) is 43.4 Å². The second kappa shape index (κ2) is 9.58. The Balaban J connectivity index is 1.59. The number of alkyl halides is 1. The SMILES string of the molecule is C[C@H](CI)C1CCC2/C(=C/C3C4=C(CC[C@H](O[Si](C)(C)C(C)(C)C)C4)CS3(=O)=O)CCC[C@@]21C. The Morgan fingerprint density at radius 3 is 2.56 bits per heavy atom. The van der Waals surface area contributed by atoms with Gasteiger partial charge in [-0.15, -0.1) is 0 Å². The first kappa shape index (κ1) is 27.4. The van der Waals surface area contributed by atoms with Gasteiger partial charge in [0.1, 0.15) is 5.25 Å². The van der Waals surface area contributed by atoms with Crippen molar-refractivity contribution in [1.82, 2.24) is 0 Å². The molecule has 0 saturated heterocycles. The van der Waals surface area contributed by atoms with Gasteiger partial charge in [0.25, 0.3) is 0 Å². The van der Waals surface area contributed by atoms with Gasteiger partial charge in [0.2, 0.25) is 0 Å². The van der Waals surface area contributed by atoms with Crippen molar-refractivity contribution in [2.75, 3.05) is 10.2 Å². The highest BCUT2D eigenvalue weighted by molar-refractivity contribution is 14.1. The predicted molar refractivity (Wildman–Crippen MR) is 155 cm³/mol. The normalized spacial score (nSPS) is 38.2. The molecule has 4 aliphatic rings. The fourth-order valence-electron chi connectivity index (χ4n) is 7.43. The minimum atomic E-state index is -3.14. The molecular formula is C28H47IO3SSi. The first-order valence-corrected chi connectivity index (χ1v) is 19.7. The summed E-state index contributed by atoms with van der Waals surface area (Å²) in [5.74, 6) is 2.36. The fraction of sp³-hybridized carbons (Fsp3) is 0.857. The Morgan fingerprint density at radius 2 is 1.91 bits per heavy atom. The Bertz CT molecular complexity index is 961. The van der Waals surface area contributed by atoms with E-state index in [0.717, 1.165) is 37.5 Å². The van der Waals surface area contributed by atoms with Crippen LogP contribution in [0, 0.1) is 23.2 Å². The van der Waals surface area contributed by atoms with Crippen LogP contribution < -0.4 is 0 Å². The van der Waals surface area contributed by atoms with Gasteiger partial charge in [-0.2, -0.15) is 0 Å². The highest BCUT2D eigenvalue weighted by Crippen LogP contribution is 2.60. The second-order valence-corrected chi connectivity index (χ2v) is 21.3. The van der Waals surface area contributed by atoms with Crippen LogP contribution in [0.2, 0.25) is 18.1 Å². The van der Waals surface area contributed by atoms with Gasteiger partial charge in [-0.05, 0) is 98.2 Å². The van der Waals surface area contributed by atoms with E-state index in [1.165, 1.54) is 46.8 Å². The molecule has 0 aromatic carbocycles. The molecule has 3 nitrogen and oxygen atoms in total. The molecule has 0 amide bonds. The largest absolute Gasteiger partial charge is 0.414 e. The molecule has 2 fully saturated rings. The second-order valence-electron chi connectivity index (χ2n) is 13.6. The van der Waals surface area contributed by atoms with Gasteiger partial charge in [0.05, 0.1) is 5.75 Å². The van der Waals surface area contributed by atoms with Gasteiger partial charge in [0, 0.05) is 10.5 Å². The molecule has 34 heavy (non-hydrogen) atoms. The molecule has 0 radical (unpaired) electrons. The lowest BCUT2D eigenvalue weighted by Gasteiger charge is -2.44. The Morgan fingerprint density at radius 1 is 1.21 bits per heavy atom. The van der Waals surface area contributed by atoms with Crippen LogP contribution in [0.3, 0.4) is 0 Å². The number of hydrogen-bond acceptors (Lipinski definition) is 3. The van der Waals surface area contributed by atoms with Gasteiger partial charge in [-0.3, -0.25) is 0 Å². The fourth-order valence-corrected chi connectivity index (χ4v) is 11.5. The molecule has 2 saturated carbocycles. The van der Waals surface area contributed by atoms with Crippen LogP contribution in [-0.4, -0.2) is 38.3 Å². The molecule has 1 heterocycles. The lowest BCUT2D eigenvalue weighted by Crippen LogP contribution is -2.44. The zero-order valence-electron chi connectivity index (χ0n) is 22.5. The van der Waals surface area contributed by atoms with Crippen LogP contribution in [-0.2, 0) is 14.3 Å². The molecule has 194 valence electrons. The van der Waals surface area contributed by atoms with Crippen molar-refractivity contribution >= 4 is 40.7 Å². The van der Waals surface area contributed by atoms with Gasteiger partial charge in [-0.1, -0.05) is 74.4 Å². The molecule has 0 aromatic heterocycles. The Labute approximate surface area is 224 Å². The van der Waals surface area contributed by atoms with Crippen LogP contribution in [0.15, 0.2) is 22.8 Å². The van der Waals surface area contributed by atoms with Gasteiger partial charge in [0.15, 0.2) is 18.2 Å².